The first-order valence-corrected chi connectivity index (χ1v) is 6.28. The van der Waals surface area contributed by atoms with E-state index in [4.69, 9.17) is 17.9 Å². The van der Waals surface area contributed by atoms with Crippen molar-refractivity contribution in [3.05, 3.63) is 32.6 Å². The van der Waals surface area contributed by atoms with Crippen LogP contribution in [-0.2, 0) is 13.8 Å². The number of hydrogen-bond acceptors (Lipinski definition) is 8. The quantitative estimate of drug-likeness (QED) is 0.393. The molecule has 1 fully saturated rings. The smallest absolute Gasteiger partial charge is 0.790 e. The molecule has 1 saturated heterocycles. The zero-order valence-corrected chi connectivity index (χ0v) is 12.5. The van der Waals surface area contributed by atoms with Gasteiger partial charge in [-0.25, -0.2) is 4.79 Å². The van der Waals surface area contributed by atoms with Gasteiger partial charge in [0, 0.05) is 25.0 Å². The molecule has 2 rings (SSSR count). The van der Waals surface area contributed by atoms with Crippen LogP contribution in [0.15, 0.2) is 15.8 Å². The summed E-state index contributed by atoms with van der Waals surface area (Å²) in [4.78, 5) is 45.8. The average Bonchev–Trinajstić information content (AvgIpc) is 2.73. The summed E-state index contributed by atoms with van der Waals surface area (Å²) in [5.41, 5.74) is -5.66. The maximum absolute atomic E-state index is 12.5. The van der Waals surface area contributed by atoms with Crippen LogP contribution >= 0.6 is 7.82 Å². The van der Waals surface area contributed by atoms with Crippen molar-refractivity contribution in [2.75, 3.05) is 6.56 Å². The van der Waals surface area contributed by atoms with E-state index in [-0.39, 0.29) is 37.7 Å². The van der Waals surface area contributed by atoms with Gasteiger partial charge in [0.25, 0.3) is 5.56 Å². The molecule has 0 radical (unpaired) electrons. The molecule has 1 aromatic rings. The summed E-state index contributed by atoms with van der Waals surface area (Å²) in [6.45, 7) is -7.95. The molecule has 118 valence electrons. The summed E-state index contributed by atoms with van der Waals surface area (Å²) < 4.78 is 119. The maximum atomic E-state index is 12.5. The number of aromatic amines is 1. The molecular formula is C10H13Li2N2O8P. The Hall–Kier alpha value is -0.0952. The van der Waals surface area contributed by atoms with Gasteiger partial charge in [0.2, 0.25) is 1.43 Å². The largest absolute Gasteiger partial charge is 1.00 e. The van der Waals surface area contributed by atoms with Gasteiger partial charge >= 0.3 is 43.4 Å². The molecule has 10 nitrogen and oxygen atoms in total. The second-order valence-corrected chi connectivity index (χ2v) is 4.43. The molecule has 0 spiro atoms. The van der Waals surface area contributed by atoms with E-state index in [9.17, 15) is 23.9 Å². The molecule has 23 heavy (non-hydrogen) atoms. The van der Waals surface area contributed by atoms with Gasteiger partial charge in [-0.1, -0.05) is 0 Å². The average molecular weight is 347 g/mol. The van der Waals surface area contributed by atoms with Crippen LogP contribution in [0.4, 0.5) is 0 Å². The van der Waals surface area contributed by atoms with E-state index in [0.29, 0.717) is 0 Å². The number of phosphoric ester groups is 1. The first-order valence-electron chi connectivity index (χ1n) is 11.2. The third kappa shape index (κ3) is 6.04. The summed E-state index contributed by atoms with van der Waals surface area (Å²) >= 11 is 0. The zero-order chi connectivity index (χ0) is 27.1. The minimum absolute atomic E-state index is 0. The Morgan fingerprint density at radius 2 is 2.52 bits per heavy atom. The molecule has 0 amide bonds. The van der Waals surface area contributed by atoms with Crippen LogP contribution in [-0.4, -0.2) is 34.8 Å². The second kappa shape index (κ2) is 8.84. The topological polar surface area (TPSA) is 157 Å². The summed E-state index contributed by atoms with van der Waals surface area (Å²) in [5, 5.41) is 3.77. The van der Waals surface area contributed by atoms with Crippen LogP contribution < -0.4 is 58.8 Å². The number of nitrogens with zero attached hydrogens (tertiary/aromatic N) is 1. The fourth-order valence-electron chi connectivity index (χ4n) is 1.13. The zero-order valence-electron chi connectivity index (χ0n) is 24.6. The van der Waals surface area contributed by atoms with Crippen molar-refractivity contribution in [1.82, 2.24) is 9.54 Å². The van der Waals surface area contributed by atoms with Crippen LogP contribution in [0.2, 0.25) is 1.41 Å². The minimum atomic E-state index is -6.38. The Morgan fingerprint density at radius 1 is 1.83 bits per heavy atom. The van der Waals surface area contributed by atoms with E-state index in [1.54, 1.807) is 0 Å². The van der Waals surface area contributed by atoms with Gasteiger partial charge in [0.1, 0.15) is 12.3 Å². The summed E-state index contributed by atoms with van der Waals surface area (Å²) in [6.07, 6.45) is -18.6. The third-order valence-corrected chi connectivity index (χ3v) is 2.22. The number of H-pyrrole nitrogens is 1. The number of ether oxygens (including phenoxy) is 1. The van der Waals surface area contributed by atoms with Gasteiger partial charge in [0.15, 0.2) is 1.41 Å². The van der Waals surface area contributed by atoms with E-state index in [1.807, 2.05) is 0 Å². The molecule has 13 heteroatoms. The van der Waals surface area contributed by atoms with E-state index >= 15 is 0 Å². The fraction of sp³-hybridized carbons (Fsp3) is 0.600. The van der Waals surface area contributed by atoms with Gasteiger partial charge < -0.3 is 28.7 Å². The summed E-state index contributed by atoms with van der Waals surface area (Å²) in [6, 6.07) is 0. The Labute approximate surface area is 173 Å². The monoisotopic (exact) mass is 347 g/mol. The standard InChI is InChI=1S/C10H15N2O8P.2Li/c1-5-3-12(10(15)11-9(5)14)8-2-6(13)7(20-8)4-19-21(16,17)18;;/h3,6-8,13H,2,4H2,1H3,(H,11,14,15)(H2,16,17,18);;/q;2*+1/p-2/t6-,7+,8+;;/m0../s1/i1D3,2D2,3D,4D2,6D,7D,8D,13D;;/hD. The van der Waals surface area contributed by atoms with Gasteiger partial charge in [-0.05, 0) is 6.85 Å². The molecule has 3 atom stereocenters. The summed E-state index contributed by atoms with van der Waals surface area (Å²) in [5.74, 6) is 0. The molecule has 0 aromatic carbocycles. The molecule has 0 aliphatic carbocycles. The van der Waals surface area contributed by atoms with Crippen molar-refractivity contribution >= 4 is 7.82 Å². The molecule has 0 bridgehead atoms. The van der Waals surface area contributed by atoms with Crippen LogP contribution in [0.25, 0.3) is 0 Å². The number of aliphatic hydroxyl groups is 1. The minimum Gasteiger partial charge on any atom is -0.790 e. The van der Waals surface area contributed by atoms with Crippen molar-refractivity contribution in [3.8, 4) is 0 Å². The number of nitrogens with one attached hydrogen (secondary N) is 1. The van der Waals surface area contributed by atoms with Crippen molar-refractivity contribution < 1.29 is 82.9 Å². The first-order chi connectivity index (χ1) is 14.9. The molecule has 1 aliphatic heterocycles. The third-order valence-electron chi connectivity index (χ3n) is 1.90. The number of rotatable bonds is 5. The molecule has 1 aliphatic rings. The van der Waals surface area contributed by atoms with Gasteiger partial charge in [-0.3, -0.25) is 14.3 Å². The Balaban J connectivity index is 0.00000612. The van der Waals surface area contributed by atoms with Crippen LogP contribution in [0.3, 0.4) is 0 Å². The molecule has 2 heterocycles. The second-order valence-electron chi connectivity index (χ2n) is 3.35. The van der Waals surface area contributed by atoms with E-state index in [0.717, 1.165) is 0 Å². The predicted molar refractivity (Wildman–Crippen MR) is 64.2 cm³/mol. The van der Waals surface area contributed by atoms with Crippen molar-refractivity contribution in [2.45, 2.75) is 31.6 Å². The fourth-order valence-corrected chi connectivity index (χ4v) is 1.32. The normalized spacial score (nSPS) is 45.0. The van der Waals surface area contributed by atoms with E-state index < -0.39 is 78.5 Å². The molecule has 0 unspecified atom stereocenters. The maximum Gasteiger partial charge on any atom is 1.00 e. The van der Waals surface area contributed by atoms with Crippen molar-refractivity contribution in [1.29, 1.82) is 1.43 Å². The molecule has 1 aromatic heterocycles. The van der Waals surface area contributed by atoms with Gasteiger partial charge in [-0.15, -0.1) is 0 Å². The Bertz CT molecular complexity index is 1190. The number of aromatic nitrogens is 2. The van der Waals surface area contributed by atoms with Gasteiger partial charge in [-0.2, -0.15) is 0 Å². The molecule has 2 N–H and O–H groups in total. The number of phosphoric acid groups is 1. The number of hydrogen-bond donors (Lipinski definition) is 2. The van der Waals surface area contributed by atoms with Crippen LogP contribution in [0.1, 0.15) is 33.2 Å². The Morgan fingerprint density at radius 3 is 3.09 bits per heavy atom. The van der Waals surface area contributed by atoms with Crippen molar-refractivity contribution in [2.24, 2.45) is 0 Å². The molecule has 0 saturated carbocycles. The Kier molecular flexibility index (Phi) is 3.47. The SMILES string of the molecule is [2H]O[C@@]1([2H])C([2H])([2H])[C@]([2H])(n2c([2H])c(C([2H])([2H])[2H])c(=O)n([2H])c2=O)O[C@]1([2H])C([2H])([2H])OP(=O)([O-])[O-].[Li+].[Li+]. The van der Waals surface area contributed by atoms with Gasteiger partial charge in [0.05, 0.1) is 28.7 Å². The van der Waals surface area contributed by atoms with Crippen LogP contribution in [0, 0.1) is 6.85 Å². The first kappa shape index (κ1) is 9.02. The predicted octanol–water partition coefficient (Wildman–Crippen LogP) is -8.65. The summed E-state index contributed by atoms with van der Waals surface area (Å²) in [7, 11) is -6.38. The van der Waals surface area contributed by atoms with E-state index in [2.05, 4.69) is 14.4 Å². The van der Waals surface area contributed by atoms with E-state index in [1.165, 1.54) is 0 Å². The van der Waals surface area contributed by atoms with Crippen molar-refractivity contribution in [3.63, 3.8) is 0 Å². The van der Waals surface area contributed by atoms with Crippen LogP contribution in [0.5, 0.6) is 0 Å². The molecular weight excluding hydrogens is 321 g/mol.